The molecule has 6 heteroatoms. The van der Waals surface area contributed by atoms with Gasteiger partial charge in [-0.2, -0.15) is 0 Å². The minimum absolute atomic E-state index is 0.0705. The Bertz CT molecular complexity index is 920. The second-order valence-electron chi connectivity index (χ2n) is 7.40. The number of benzene rings is 1. The van der Waals surface area contributed by atoms with Gasteiger partial charge in [0, 0.05) is 16.9 Å². The van der Waals surface area contributed by atoms with Crippen LogP contribution in [0.3, 0.4) is 0 Å². The van der Waals surface area contributed by atoms with Gasteiger partial charge in [-0.05, 0) is 38.7 Å². The molecular formula is C21H26N4OS. The van der Waals surface area contributed by atoms with E-state index in [0.717, 1.165) is 48.4 Å². The molecular weight excluding hydrogens is 356 g/mol. The third-order valence-electron chi connectivity index (χ3n) is 5.38. The number of unbranched alkanes of at least 4 members (excludes halogenated alkanes) is 1. The Labute approximate surface area is 164 Å². The Morgan fingerprint density at radius 3 is 2.96 bits per heavy atom. The highest BCUT2D eigenvalue weighted by atomic mass is 32.2. The molecule has 0 radical (unpaired) electrons. The average Bonchev–Trinajstić information content (AvgIpc) is 2.68. The molecule has 1 aliphatic carbocycles. The molecule has 0 spiro atoms. The van der Waals surface area contributed by atoms with Crippen molar-refractivity contribution < 1.29 is 4.79 Å². The van der Waals surface area contributed by atoms with Gasteiger partial charge in [-0.15, -0.1) is 5.10 Å². The van der Waals surface area contributed by atoms with Crippen LogP contribution < -0.4 is 15.9 Å². The van der Waals surface area contributed by atoms with E-state index in [1.807, 2.05) is 29.3 Å². The molecule has 1 N–H and O–H groups in total. The fraction of sp³-hybridized carbons (Fsp3) is 0.476. The van der Waals surface area contributed by atoms with Crippen molar-refractivity contribution in [2.24, 2.45) is 16.0 Å². The molecule has 2 heterocycles. The predicted octanol–water partition coefficient (Wildman–Crippen LogP) is 2.74. The molecule has 2 atom stereocenters. The van der Waals surface area contributed by atoms with Crippen LogP contribution in [0.15, 0.2) is 46.0 Å². The van der Waals surface area contributed by atoms with E-state index >= 15 is 0 Å². The van der Waals surface area contributed by atoms with E-state index in [9.17, 15) is 4.79 Å². The summed E-state index contributed by atoms with van der Waals surface area (Å²) >= 11 is 1.62. The van der Waals surface area contributed by atoms with Crippen molar-refractivity contribution in [1.82, 2.24) is 10.3 Å². The van der Waals surface area contributed by atoms with E-state index < -0.39 is 0 Å². The van der Waals surface area contributed by atoms with E-state index in [2.05, 4.69) is 25.2 Å². The largest absolute Gasteiger partial charge is 0.298 e. The molecule has 0 bridgehead atoms. The summed E-state index contributed by atoms with van der Waals surface area (Å²) < 4.78 is 0. The highest BCUT2D eigenvalue weighted by Crippen LogP contribution is 2.33. The summed E-state index contributed by atoms with van der Waals surface area (Å²) in [5, 5.41) is 12.2. The van der Waals surface area contributed by atoms with Crippen molar-refractivity contribution in [3.05, 3.63) is 46.5 Å². The average molecular weight is 383 g/mol. The Balaban J connectivity index is 1.75. The monoisotopic (exact) mass is 382 g/mol. The Morgan fingerprint density at radius 1 is 1.33 bits per heavy atom. The van der Waals surface area contributed by atoms with Gasteiger partial charge in [0.15, 0.2) is 5.17 Å². The second kappa shape index (κ2) is 7.89. The summed E-state index contributed by atoms with van der Waals surface area (Å²) in [4.78, 5) is 18.0. The molecule has 0 fully saturated rings. The zero-order valence-corrected chi connectivity index (χ0v) is 16.8. The predicted molar refractivity (Wildman–Crippen MR) is 110 cm³/mol. The zero-order valence-electron chi connectivity index (χ0n) is 15.9. The van der Waals surface area contributed by atoms with Crippen LogP contribution in [0.5, 0.6) is 0 Å². The smallest absolute Gasteiger partial charge is 0.276 e. The van der Waals surface area contributed by atoms with Crippen LogP contribution >= 0.6 is 11.8 Å². The zero-order chi connectivity index (χ0) is 18.8. The number of hydrogen-bond acceptors (Lipinski definition) is 5. The van der Waals surface area contributed by atoms with Gasteiger partial charge in [0.1, 0.15) is 11.9 Å². The minimum atomic E-state index is -0.118. The Morgan fingerprint density at radius 2 is 2.19 bits per heavy atom. The minimum Gasteiger partial charge on any atom is -0.298 e. The molecule has 5 nitrogen and oxygen atoms in total. The van der Waals surface area contributed by atoms with E-state index in [1.54, 1.807) is 11.8 Å². The van der Waals surface area contributed by atoms with E-state index in [-0.39, 0.29) is 12.1 Å². The van der Waals surface area contributed by atoms with Crippen LogP contribution in [0.2, 0.25) is 0 Å². The van der Waals surface area contributed by atoms with Crippen LogP contribution in [0.25, 0.3) is 5.70 Å². The van der Waals surface area contributed by atoms with Crippen molar-refractivity contribution in [2.45, 2.75) is 52.1 Å². The number of carbonyl (C=O) groups is 1. The molecule has 142 valence electrons. The van der Waals surface area contributed by atoms with Crippen molar-refractivity contribution in [2.75, 3.05) is 5.75 Å². The maximum Gasteiger partial charge on any atom is 0.276 e. The number of allylic oxidation sites excluding steroid dienone is 2. The summed E-state index contributed by atoms with van der Waals surface area (Å²) in [5.41, 5.74) is 2.08. The second-order valence-corrected chi connectivity index (χ2v) is 8.48. The van der Waals surface area contributed by atoms with Gasteiger partial charge in [0.2, 0.25) is 0 Å². The lowest BCUT2D eigenvalue weighted by Crippen LogP contribution is -2.54. The number of rotatable bonds is 4. The molecule has 1 aromatic rings. The fourth-order valence-electron chi connectivity index (χ4n) is 3.79. The number of nitrogens with one attached hydrogen (secondary N) is 1. The number of thioether (sulfide) groups is 1. The van der Waals surface area contributed by atoms with Crippen molar-refractivity contribution in [1.29, 1.82) is 0 Å². The molecule has 0 saturated heterocycles. The lowest BCUT2D eigenvalue weighted by Gasteiger charge is -2.38. The molecule has 2 unspecified atom stereocenters. The Kier molecular flexibility index (Phi) is 5.34. The number of amidine groups is 1. The van der Waals surface area contributed by atoms with Crippen LogP contribution in [0.4, 0.5) is 0 Å². The quantitative estimate of drug-likeness (QED) is 0.643. The van der Waals surface area contributed by atoms with Gasteiger partial charge in [-0.1, -0.05) is 55.0 Å². The number of amides is 1. The van der Waals surface area contributed by atoms with Gasteiger partial charge < -0.3 is 0 Å². The molecule has 0 saturated carbocycles. The van der Waals surface area contributed by atoms with Gasteiger partial charge in [0.05, 0.1) is 5.36 Å². The third kappa shape index (κ3) is 3.68. The SMILES string of the molecule is CCCCSC1=NN2C(=c3ccccc3=NC2C2CC=C(C)CC2)C(=O)N1. The number of para-hydroxylation sites is 1. The first-order valence-electron chi connectivity index (χ1n) is 9.82. The van der Waals surface area contributed by atoms with Crippen molar-refractivity contribution in [3.8, 4) is 0 Å². The highest BCUT2D eigenvalue weighted by Gasteiger charge is 2.37. The van der Waals surface area contributed by atoms with Crippen molar-refractivity contribution in [3.63, 3.8) is 0 Å². The van der Waals surface area contributed by atoms with E-state index in [4.69, 9.17) is 10.1 Å². The topological polar surface area (TPSA) is 57.1 Å². The fourth-order valence-corrected chi connectivity index (χ4v) is 4.73. The van der Waals surface area contributed by atoms with E-state index in [1.165, 1.54) is 5.57 Å². The molecule has 3 aliphatic rings. The van der Waals surface area contributed by atoms with Crippen LogP contribution in [0, 0.1) is 5.92 Å². The summed E-state index contributed by atoms with van der Waals surface area (Å²) in [5.74, 6) is 1.26. The van der Waals surface area contributed by atoms with Gasteiger partial charge >= 0.3 is 0 Å². The van der Waals surface area contributed by atoms with Crippen LogP contribution in [-0.2, 0) is 4.79 Å². The highest BCUT2D eigenvalue weighted by molar-refractivity contribution is 8.13. The number of hydrazone groups is 1. The van der Waals surface area contributed by atoms with Gasteiger partial charge in [-0.3, -0.25) is 15.1 Å². The maximum absolute atomic E-state index is 13.0. The molecule has 1 amide bonds. The number of carbonyl (C=O) groups excluding carboxylic acids is 1. The molecule has 2 aliphatic heterocycles. The lowest BCUT2D eigenvalue weighted by molar-refractivity contribution is -0.116. The van der Waals surface area contributed by atoms with E-state index in [0.29, 0.717) is 16.8 Å². The molecule has 1 aromatic carbocycles. The third-order valence-corrected chi connectivity index (χ3v) is 6.33. The van der Waals surface area contributed by atoms with Crippen molar-refractivity contribution >= 4 is 28.5 Å². The normalized spacial score (nSPS) is 24.3. The first-order valence-corrected chi connectivity index (χ1v) is 10.8. The van der Waals surface area contributed by atoms with Crippen LogP contribution in [0.1, 0.15) is 46.0 Å². The molecule has 0 aromatic heterocycles. The lowest BCUT2D eigenvalue weighted by atomic mass is 9.87. The first-order chi connectivity index (χ1) is 13.2. The summed E-state index contributed by atoms with van der Waals surface area (Å²) in [7, 11) is 0. The number of fused-ring (bicyclic) bond motifs is 2. The standard InChI is InChI=1S/C21H26N4OS/c1-3-4-13-27-21-23-20(26)18-16-7-5-6-8-17(16)22-19(25(18)24-21)15-11-9-14(2)10-12-15/h5-9,15,19H,3-4,10-13H2,1-2H3,(H,23,24,26). The number of nitrogens with zero attached hydrogens (tertiary/aromatic N) is 3. The number of hydrogen-bond donors (Lipinski definition) is 1. The maximum atomic E-state index is 13.0. The van der Waals surface area contributed by atoms with Crippen LogP contribution in [-0.4, -0.2) is 28.0 Å². The van der Waals surface area contributed by atoms with Gasteiger partial charge in [-0.25, -0.2) is 5.01 Å². The Hall–Kier alpha value is -2.08. The molecule has 27 heavy (non-hydrogen) atoms. The molecule has 4 rings (SSSR count). The first kappa shape index (κ1) is 18.3. The summed E-state index contributed by atoms with van der Waals surface area (Å²) in [6.07, 6.45) is 7.60. The summed E-state index contributed by atoms with van der Waals surface area (Å²) in [6.45, 7) is 4.36. The van der Waals surface area contributed by atoms with Gasteiger partial charge in [0.25, 0.3) is 5.91 Å². The summed E-state index contributed by atoms with van der Waals surface area (Å²) in [6, 6.07) is 7.90.